The Balaban J connectivity index is 2.23. The number of nitrogens with zero attached hydrogens (tertiary/aromatic N) is 1. The van der Waals surface area contributed by atoms with Gasteiger partial charge in [-0.2, -0.15) is 0 Å². The molecule has 0 aliphatic rings. The van der Waals surface area contributed by atoms with Crippen molar-refractivity contribution in [2.75, 3.05) is 12.3 Å². The van der Waals surface area contributed by atoms with Gasteiger partial charge in [0.05, 0.1) is 11.6 Å². The monoisotopic (exact) mass is 284 g/mol. The molecule has 106 valence electrons. The molecule has 0 aliphatic carbocycles. The first-order valence-corrected chi connectivity index (χ1v) is 7.85. The number of nitrogens with one attached hydrogen (secondary N) is 2. The first-order chi connectivity index (χ1) is 8.99. The van der Waals surface area contributed by atoms with Gasteiger partial charge in [-0.05, 0) is 25.0 Å². The van der Waals surface area contributed by atoms with Gasteiger partial charge in [0.25, 0.3) is 0 Å². The van der Waals surface area contributed by atoms with Crippen LogP contribution in [0.25, 0.3) is 0 Å². The summed E-state index contributed by atoms with van der Waals surface area (Å²) in [5.74, 6) is 0.175. The molecule has 0 aliphatic heterocycles. The maximum absolute atomic E-state index is 11.7. The molecule has 0 saturated carbocycles. The van der Waals surface area contributed by atoms with Crippen LogP contribution >= 0.6 is 0 Å². The van der Waals surface area contributed by atoms with Gasteiger partial charge in [-0.3, -0.25) is 10.4 Å². The van der Waals surface area contributed by atoms with E-state index in [-0.39, 0.29) is 11.6 Å². The van der Waals surface area contributed by atoms with Gasteiger partial charge in [-0.25, -0.2) is 13.1 Å². The summed E-state index contributed by atoms with van der Waals surface area (Å²) in [4.78, 5) is 4.08. The highest BCUT2D eigenvalue weighted by Crippen LogP contribution is 1.99. The van der Waals surface area contributed by atoms with Crippen LogP contribution in [0.4, 0.5) is 0 Å². The minimum Gasteiger partial charge on any atom is -0.388 e. The molecule has 0 radical (unpaired) electrons. The number of unbranched alkanes of at least 4 members (excludes halogenated alkanes) is 1. The number of rotatable bonds is 9. The number of hydrogen-bond donors (Lipinski definition) is 3. The molecular weight excluding hydrogens is 264 g/mol. The molecule has 19 heavy (non-hydrogen) atoms. The van der Waals surface area contributed by atoms with Crippen LogP contribution in [0, 0.1) is 5.41 Å². The van der Waals surface area contributed by atoms with E-state index in [9.17, 15) is 8.42 Å². The van der Waals surface area contributed by atoms with Gasteiger partial charge in [-0.1, -0.05) is 6.07 Å². The maximum atomic E-state index is 11.7. The fraction of sp³-hybridized carbons (Fsp3) is 0.500. The summed E-state index contributed by atoms with van der Waals surface area (Å²) >= 11 is 0. The van der Waals surface area contributed by atoms with Crippen molar-refractivity contribution in [2.45, 2.75) is 25.7 Å². The summed E-state index contributed by atoms with van der Waals surface area (Å²) < 4.78 is 25.9. The lowest BCUT2D eigenvalue weighted by atomic mass is 10.2. The fourth-order valence-corrected chi connectivity index (χ4v) is 2.60. The molecule has 0 unspecified atom stereocenters. The minimum absolute atomic E-state index is 0.0384. The zero-order valence-electron chi connectivity index (χ0n) is 10.8. The second-order valence-corrected chi connectivity index (χ2v) is 6.19. The number of aryl methyl sites for hydroxylation is 1. The normalized spacial score (nSPS) is 11.4. The third-order valence-electron chi connectivity index (χ3n) is 2.55. The Kier molecular flexibility index (Phi) is 6.44. The molecule has 0 atom stereocenters. The lowest BCUT2D eigenvalue weighted by Gasteiger charge is -2.06. The Bertz CT molecular complexity index is 488. The zero-order chi connectivity index (χ0) is 14.1. The van der Waals surface area contributed by atoms with Crippen LogP contribution in [-0.4, -0.2) is 31.5 Å². The van der Waals surface area contributed by atoms with Crippen LogP contribution in [0.2, 0.25) is 0 Å². The van der Waals surface area contributed by atoms with Gasteiger partial charge in [0.2, 0.25) is 10.0 Å². The van der Waals surface area contributed by atoms with Gasteiger partial charge in [0.15, 0.2) is 0 Å². The first kappa shape index (κ1) is 15.6. The molecule has 1 heterocycles. The summed E-state index contributed by atoms with van der Waals surface area (Å²) in [5.41, 5.74) is 5.98. The van der Waals surface area contributed by atoms with E-state index in [1.54, 1.807) is 12.3 Å². The highest BCUT2D eigenvalue weighted by atomic mass is 32.2. The van der Waals surface area contributed by atoms with Gasteiger partial charge in [-0.15, -0.1) is 0 Å². The largest absolute Gasteiger partial charge is 0.388 e. The van der Waals surface area contributed by atoms with Crippen LogP contribution in [0.3, 0.4) is 0 Å². The Morgan fingerprint density at radius 1 is 1.37 bits per heavy atom. The van der Waals surface area contributed by atoms with Crippen molar-refractivity contribution in [1.29, 1.82) is 5.41 Å². The summed E-state index contributed by atoms with van der Waals surface area (Å²) in [6.45, 7) is 0.387. The standard InChI is InChI=1S/C12H20N4O2S/c13-12(14)6-2-4-9-16-19(17,18)10-7-11-5-1-3-8-15-11/h1,3,5,8,16H,2,4,6-7,9-10H2,(H3,13,14). The average Bonchev–Trinajstić information content (AvgIpc) is 2.37. The SMILES string of the molecule is N=C(N)CCCCNS(=O)(=O)CCc1ccccn1. The number of aromatic nitrogens is 1. The molecule has 0 spiro atoms. The average molecular weight is 284 g/mol. The predicted molar refractivity (Wildman–Crippen MR) is 75.5 cm³/mol. The van der Waals surface area contributed by atoms with Gasteiger partial charge >= 0.3 is 0 Å². The van der Waals surface area contributed by atoms with E-state index < -0.39 is 10.0 Å². The van der Waals surface area contributed by atoms with Crippen molar-refractivity contribution >= 4 is 15.9 Å². The van der Waals surface area contributed by atoms with Crippen LogP contribution in [0.15, 0.2) is 24.4 Å². The maximum Gasteiger partial charge on any atom is 0.211 e. The molecule has 0 saturated heterocycles. The Hall–Kier alpha value is -1.47. The molecular formula is C12H20N4O2S. The molecule has 0 fully saturated rings. The third kappa shape index (κ3) is 7.53. The van der Waals surface area contributed by atoms with E-state index in [1.165, 1.54) is 0 Å². The van der Waals surface area contributed by atoms with E-state index in [1.807, 2.05) is 12.1 Å². The number of sulfonamides is 1. The second-order valence-electron chi connectivity index (χ2n) is 4.27. The Labute approximate surface area is 114 Å². The van der Waals surface area contributed by atoms with Crippen LogP contribution in [-0.2, 0) is 16.4 Å². The van der Waals surface area contributed by atoms with Crippen molar-refractivity contribution in [3.05, 3.63) is 30.1 Å². The van der Waals surface area contributed by atoms with Gasteiger partial charge in [0.1, 0.15) is 0 Å². The molecule has 0 aromatic carbocycles. The van der Waals surface area contributed by atoms with E-state index in [0.29, 0.717) is 25.8 Å². The summed E-state index contributed by atoms with van der Waals surface area (Å²) in [5, 5.41) is 7.05. The van der Waals surface area contributed by atoms with Crippen LogP contribution < -0.4 is 10.5 Å². The quantitative estimate of drug-likeness (QED) is 0.351. The zero-order valence-corrected chi connectivity index (χ0v) is 11.6. The molecule has 1 aromatic rings. The van der Waals surface area contributed by atoms with Crippen LogP contribution in [0.1, 0.15) is 25.0 Å². The number of amidine groups is 1. The predicted octanol–water partition coefficient (Wildman–Crippen LogP) is 0.650. The Morgan fingerprint density at radius 2 is 2.16 bits per heavy atom. The fourth-order valence-electron chi connectivity index (χ4n) is 1.53. The molecule has 4 N–H and O–H groups in total. The van der Waals surface area contributed by atoms with E-state index in [2.05, 4.69) is 9.71 Å². The minimum atomic E-state index is -3.26. The summed E-state index contributed by atoms with van der Waals surface area (Å²) in [6, 6.07) is 5.44. The third-order valence-corrected chi connectivity index (χ3v) is 3.93. The van der Waals surface area contributed by atoms with Gasteiger partial charge < -0.3 is 5.73 Å². The van der Waals surface area contributed by atoms with E-state index in [4.69, 9.17) is 11.1 Å². The second kappa shape index (κ2) is 7.85. The first-order valence-electron chi connectivity index (χ1n) is 6.20. The topological polar surface area (TPSA) is 109 Å². The molecule has 1 aromatic heterocycles. The number of hydrogen-bond acceptors (Lipinski definition) is 4. The lowest BCUT2D eigenvalue weighted by Crippen LogP contribution is -2.28. The number of pyridine rings is 1. The molecule has 1 rings (SSSR count). The van der Waals surface area contributed by atoms with E-state index in [0.717, 1.165) is 12.1 Å². The Morgan fingerprint density at radius 3 is 2.79 bits per heavy atom. The molecule has 6 nitrogen and oxygen atoms in total. The lowest BCUT2D eigenvalue weighted by molar-refractivity contribution is 0.576. The van der Waals surface area contributed by atoms with Gasteiger partial charge in [0, 0.05) is 31.3 Å². The highest BCUT2D eigenvalue weighted by molar-refractivity contribution is 7.89. The van der Waals surface area contributed by atoms with Crippen molar-refractivity contribution in [1.82, 2.24) is 9.71 Å². The van der Waals surface area contributed by atoms with Crippen molar-refractivity contribution in [3.8, 4) is 0 Å². The van der Waals surface area contributed by atoms with Crippen molar-refractivity contribution in [3.63, 3.8) is 0 Å². The smallest absolute Gasteiger partial charge is 0.211 e. The van der Waals surface area contributed by atoms with Crippen molar-refractivity contribution in [2.24, 2.45) is 5.73 Å². The summed E-state index contributed by atoms with van der Waals surface area (Å²) in [6.07, 6.45) is 3.97. The highest BCUT2D eigenvalue weighted by Gasteiger charge is 2.09. The number of nitrogens with two attached hydrogens (primary N) is 1. The van der Waals surface area contributed by atoms with Crippen LogP contribution in [0.5, 0.6) is 0 Å². The summed E-state index contributed by atoms with van der Waals surface area (Å²) in [7, 11) is -3.26. The molecule has 7 heteroatoms. The molecule has 0 amide bonds. The van der Waals surface area contributed by atoms with E-state index >= 15 is 0 Å². The molecule has 0 bridgehead atoms. The van der Waals surface area contributed by atoms with Crippen molar-refractivity contribution < 1.29 is 8.42 Å².